The number of aromatic nitrogens is 3. The minimum atomic E-state index is -0.232. The molecule has 3 aromatic rings. The summed E-state index contributed by atoms with van der Waals surface area (Å²) in [5.41, 5.74) is 2.04. The van der Waals surface area contributed by atoms with Crippen LogP contribution in [0.1, 0.15) is 0 Å². The maximum Gasteiger partial charge on any atom is 0.261 e. The van der Waals surface area contributed by atoms with Gasteiger partial charge in [0.25, 0.3) is 5.56 Å². The van der Waals surface area contributed by atoms with Crippen LogP contribution in [-0.4, -0.2) is 15.0 Å². The van der Waals surface area contributed by atoms with Gasteiger partial charge in [-0.2, -0.15) is 0 Å². The third-order valence-corrected chi connectivity index (χ3v) is 3.53. The molecule has 2 N–H and O–H groups in total. The van der Waals surface area contributed by atoms with E-state index >= 15 is 0 Å². The van der Waals surface area contributed by atoms with Gasteiger partial charge in [-0.25, -0.2) is 4.98 Å². The van der Waals surface area contributed by atoms with E-state index in [1.165, 1.54) is 0 Å². The maximum atomic E-state index is 12.1. The van der Waals surface area contributed by atoms with Gasteiger partial charge >= 0.3 is 0 Å². The number of halogens is 1. The molecule has 2 heterocycles. The van der Waals surface area contributed by atoms with Gasteiger partial charge in [0.15, 0.2) is 4.77 Å². The number of hydrogen-bond donors (Lipinski definition) is 2. The Morgan fingerprint density at radius 2 is 1.84 bits per heavy atom. The van der Waals surface area contributed by atoms with E-state index in [-0.39, 0.29) is 10.3 Å². The average Bonchev–Trinajstić information content (AvgIpc) is 2.38. The van der Waals surface area contributed by atoms with Crippen LogP contribution in [0.3, 0.4) is 0 Å². The predicted molar refractivity (Wildman–Crippen MR) is 80.7 cm³/mol. The molecule has 3 rings (SSSR count). The van der Waals surface area contributed by atoms with Crippen molar-refractivity contribution in [1.29, 1.82) is 0 Å². The van der Waals surface area contributed by atoms with Crippen LogP contribution in [0, 0.1) is 4.77 Å². The summed E-state index contributed by atoms with van der Waals surface area (Å²) in [6, 6.07) is 9.57. The van der Waals surface area contributed by atoms with Crippen molar-refractivity contribution in [1.82, 2.24) is 15.0 Å². The van der Waals surface area contributed by atoms with Gasteiger partial charge in [-0.1, -0.05) is 28.1 Å². The highest BCUT2D eigenvalue weighted by atomic mass is 79.9. The van der Waals surface area contributed by atoms with E-state index in [2.05, 4.69) is 30.9 Å². The molecular weight excluding hydrogens is 326 g/mol. The molecule has 94 valence electrons. The lowest BCUT2D eigenvalue weighted by molar-refractivity contribution is 1.11. The zero-order valence-electron chi connectivity index (χ0n) is 9.61. The average molecular weight is 334 g/mol. The van der Waals surface area contributed by atoms with Crippen molar-refractivity contribution in [2.24, 2.45) is 0 Å². The maximum absolute atomic E-state index is 12.1. The van der Waals surface area contributed by atoms with Gasteiger partial charge in [-0.05, 0) is 41.5 Å². The molecule has 0 aliphatic carbocycles. The van der Waals surface area contributed by atoms with Crippen molar-refractivity contribution >= 4 is 39.2 Å². The summed E-state index contributed by atoms with van der Waals surface area (Å²) >= 11 is 8.34. The Morgan fingerprint density at radius 1 is 1.11 bits per heavy atom. The zero-order valence-corrected chi connectivity index (χ0v) is 12.0. The molecule has 0 saturated heterocycles. The minimum Gasteiger partial charge on any atom is -0.316 e. The van der Waals surface area contributed by atoms with Crippen LogP contribution in [0.5, 0.6) is 0 Å². The summed E-state index contributed by atoms with van der Waals surface area (Å²) in [5, 5.41) is 0.512. The number of nitrogens with one attached hydrogen (secondary N) is 2. The summed E-state index contributed by atoms with van der Waals surface area (Å²) in [4.78, 5) is 21.7. The van der Waals surface area contributed by atoms with Crippen molar-refractivity contribution in [3.8, 4) is 11.1 Å². The lowest BCUT2D eigenvalue weighted by Crippen LogP contribution is -2.09. The molecule has 0 spiro atoms. The van der Waals surface area contributed by atoms with Gasteiger partial charge in [0.2, 0.25) is 0 Å². The Hall–Kier alpha value is -1.79. The smallest absolute Gasteiger partial charge is 0.261 e. The van der Waals surface area contributed by atoms with E-state index in [9.17, 15) is 4.79 Å². The van der Waals surface area contributed by atoms with Crippen molar-refractivity contribution < 1.29 is 0 Å². The number of pyridine rings is 1. The first kappa shape index (κ1) is 12.3. The van der Waals surface area contributed by atoms with Crippen molar-refractivity contribution in [2.45, 2.75) is 0 Å². The molecule has 0 bridgehead atoms. The quantitative estimate of drug-likeness (QED) is 0.671. The van der Waals surface area contributed by atoms with Crippen molar-refractivity contribution in [3.63, 3.8) is 0 Å². The number of H-pyrrole nitrogens is 2. The number of rotatable bonds is 1. The highest BCUT2D eigenvalue weighted by molar-refractivity contribution is 9.10. The second-order valence-corrected chi connectivity index (χ2v) is 5.32. The van der Waals surface area contributed by atoms with Crippen LogP contribution in [0.4, 0.5) is 0 Å². The Morgan fingerprint density at radius 3 is 2.58 bits per heavy atom. The largest absolute Gasteiger partial charge is 0.316 e. The molecular formula is C13H8BrN3OS. The van der Waals surface area contributed by atoms with Crippen LogP contribution in [0.25, 0.3) is 22.2 Å². The molecule has 0 aliphatic rings. The van der Waals surface area contributed by atoms with Crippen molar-refractivity contribution in [2.75, 3.05) is 0 Å². The van der Waals surface area contributed by atoms with E-state index in [1.807, 2.05) is 30.3 Å². The van der Waals surface area contributed by atoms with Crippen LogP contribution in [0.15, 0.2) is 45.8 Å². The molecule has 2 aromatic heterocycles. The van der Waals surface area contributed by atoms with Crippen molar-refractivity contribution in [3.05, 3.63) is 56.1 Å². The molecule has 0 amide bonds. The molecule has 0 atom stereocenters. The predicted octanol–water partition coefficient (Wildman–Crippen LogP) is 3.41. The highest BCUT2D eigenvalue weighted by Gasteiger charge is 2.08. The number of fused-ring (bicyclic) bond motifs is 1. The highest BCUT2D eigenvalue weighted by Crippen LogP contribution is 2.25. The Labute approximate surface area is 121 Å². The normalized spacial score (nSPS) is 10.8. The first-order chi connectivity index (χ1) is 9.15. The Bertz CT molecular complexity index is 867. The van der Waals surface area contributed by atoms with Crippen LogP contribution in [-0.2, 0) is 0 Å². The molecule has 0 unspecified atom stereocenters. The molecule has 6 heteroatoms. The molecule has 1 aromatic carbocycles. The first-order valence-electron chi connectivity index (χ1n) is 5.52. The van der Waals surface area contributed by atoms with E-state index in [1.54, 1.807) is 6.20 Å². The fourth-order valence-corrected chi connectivity index (χ4v) is 2.41. The van der Waals surface area contributed by atoms with E-state index in [0.29, 0.717) is 11.0 Å². The topological polar surface area (TPSA) is 61.5 Å². The number of aromatic amines is 2. The summed E-state index contributed by atoms with van der Waals surface area (Å²) in [7, 11) is 0. The van der Waals surface area contributed by atoms with E-state index in [4.69, 9.17) is 12.2 Å². The number of nitrogens with zero attached hydrogens (tertiary/aromatic N) is 1. The third-order valence-electron chi connectivity index (χ3n) is 2.79. The molecule has 4 nitrogen and oxygen atoms in total. The molecule has 0 fully saturated rings. The standard InChI is InChI=1S/C13H8BrN3OS/c14-8-3-1-7(2-4-8)9-5-6-15-11-10(9)12(18)17-13(19)16-11/h1-6H,(H2,15,16,17,18,19). The number of benzene rings is 1. The second kappa shape index (κ2) is 4.71. The summed E-state index contributed by atoms with van der Waals surface area (Å²) < 4.78 is 1.26. The second-order valence-electron chi connectivity index (χ2n) is 4.00. The SMILES string of the molecule is O=c1[nH]c(=S)[nH]c2nccc(-c3ccc(Br)cc3)c12. The zero-order chi connectivity index (χ0) is 13.4. The summed E-state index contributed by atoms with van der Waals surface area (Å²) in [6.07, 6.45) is 1.66. The summed E-state index contributed by atoms with van der Waals surface area (Å²) in [6.45, 7) is 0. The monoisotopic (exact) mass is 333 g/mol. The van der Waals surface area contributed by atoms with Gasteiger partial charge < -0.3 is 4.98 Å². The minimum absolute atomic E-state index is 0.232. The molecule has 0 radical (unpaired) electrons. The lowest BCUT2D eigenvalue weighted by Gasteiger charge is -2.05. The Balaban J connectivity index is 2.39. The fourth-order valence-electron chi connectivity index (χ4n) is 1.96. The molecule has 19 heavy (non-hydrogen) atoms. The van der Waals surface area contributed by atoms with E-state index in [0.717, 1.165) is 15.6 Å². The Kier molecular flexibility index (Phi) is 3.04. The van der Waals surface area contributed by atoms with E-state index < -0.39 is 0 Å². The molecule has 0 aliphatic heterocycles. The fraction of sp³-hybridized carbons (Fsp3) is 0. The van der Waals surface area contributed by atoms with Crippen LogP contribution < -0.4 is 5.56 Å². The molecule has 0 saturated carbocycles. The number of hydrogen-bond acceptors (Lipinski definition) is 3. The van der Waals surface area contributed by atoms with Gasteiger partial charge in [-0.3, -0.25) is 9.78 Å². The van der Waals surface area contributed by atoms with Gasteiger partial charge in [0.05, 0.1) is 5.39 Å². The lowest BCUT2D eigenvalue weighted by atomic mass is 10.0. The summed E-state index contributed by atoms with van der Waals surface area (Å²) in [5.74, 6) is 0. The first-order valence-corrected chi connectivity index (χ1v) is 6.72. The van der Waals surface area contributed by atoms with Gasteiger partial charge in [0.1, 0.15) is 5.65 Å². The van der Waals surface area contributed by atoms with Crippen LogP contribution in [0.2, 0.25) is 0 Å². The van der Waals surface area contributed by atoms with Gasteiger partial charge in [0, 0.05) is 10.7 Å². The van der Waals surface area contributed by atoms with Gasteiger partial charge in [-0.15, -0.1) is 0 Å². The third kappa shape index (κ3) is 2.24. The van der Waals surface area contributed by atoms with Crippen LogP contribution >= 0.6 is 28.1 Å².